The van der Waals surface area contributed by atoms with E-state index < -0.39 is 11.7 Å². The summed E-state index contributed by atoms with van der Waals surface area (Å²) in [5.74, 6) is -0.927. The molecule has 1 aromatic heterocycles. The van der Waals surface area contributed by atoms with E-state index in [1.165, 1.54) is 13.2 Å². The molecule has 172 valence electrons. The van der Waals surface area contributed by atoms with Crippen molar-refractivity contribution in [2.75, 3.05) is 27.2 Å². The lowest BCUT2D eigenvalue weighted by atomic mass is 9.85. The van der Waals surface area contributed by atoms with Gasteiger partial charge < -0.3 is 20.4 Å². The Morgan fingerprint density at radius 2 is 1.85 bits per heavy atom. The zero-order chi connectivity index (χ0) is 23.7. The molecule has 1 unspecified atom stereocenters. The molecular formula is C26H23FN4O3. The highest BCUT2D eigenvalue weighted by Crippen LogP contribution is 2.36. The fourth-order valence-electron chi connectivity index (χ4n) is 5.22. The first kappa shape index (κ1) is 20.7. The summed E-state index contributed by atoms with van der Waals surface area (Å²) < 4.78 is 19.3. The Balaban J connectivity index is 1.44. The van der Waals surface area contributed by atoms with E-state index in [1.807, 2.05) is 29.2 Å². The van der Waals surface area contributed by atoms with E-state index in [4.69, 9.17) is 10.5 Å². The van der Waals surface area contributed by atoms with E-state index in [2.05, 4.69) is 16.9 Å². The third-order valence-electron chi connectivity index (χ3n) is 7.24. The molecule has 3 aromatic carbocycles. The molecule has 0 radical (unpaired) electrons. The number of aromatic nitrogens is 1. The Morgan fingerprint density at radius 3 is 2.50 bits per heavy atom. The number of carbonyl (C=O) groups excluding carboxylic acids is 2. The predicted octanol–water partition coefficient (Wildman–Crippen LogP) is 3.37. The van der Waals surface area contributed by atoms with Gasteiger partial charge in [0, 0.05) is 41.0 Å². The van der Waals surface area contributed by atoms with Crippen LogP contribution in [0.4, 0.5) is 4.39 Å². The van der Waals surface area contributed by atoms with Crippen molar-refractivity contribution >= 4 is 33.6 Å². The maximum absolute atomic E-state index is 14.3. The molecule has 7 nitrogen and oxygen atoms in total. The van der Waals surface area contributed by atoms with Crippen molar-refractivity contribution in [1.82, 2.24) is 14.8 Å². The molecule has 2 atom stereocenters. The van der Waals surface area contributed by atoms with Gasteiger partial charge in [0.25, 0.3) is 11.8 Å². The van der Waals surface area contributed by atoms with Crippen LogP contribution in [-0.4, -0.2) is 65.9 Å². The molecule has 2 amide bonds. The largest absolute Gasteiger partial charge is 0.494 e. The first-order valence-corrected chi connectivity index (χ1v) is 11.1. The van der Waals surface area contributed by atoms with E-state index in [1.54, 1.807) is 18.2 Å². The van der Waals surface area contributed by atoms with Gasteiger partial charge in [-0.2, -0.15) is 0 Å². The summed E-state index contributed by atoms with van der Waals surface area (Å²) in [6, 6.07) is 14.5. The molecule has 3 N–H and O–H groups in total. The fourth-order valence-corrected chi connectivity index (χ4v) is 5.22. The lowest BCUT2D eigenvalue weighted by molar-refractivity contribution is -0.0885. The zero-order valence-corrected chi connectivity index (χ0v) is 18.8. The first-order chi connectivity index (χ1) is 16.4. The lowest BCUT2D eigenvalue weighted by Gasteiger charge is -2.60. The Morgan fingerprint density at radius 1 is 1.03 bits per heavy atom. The molecule has 3 heterocycles. The van der Waals surface area contributed by atoms with Crippen molar-refractivity contribution < 1.29 is 18.7 Å². The van der Waals surface area contributed by atoms with E-state index in [0.29, 0.717) is 39.9 Å². The van der Waals surface area contributed by atoms with Crippen LogP contribution in [-0.2, 0) is 0 Å². The second-order valence-electron chi connectivity index (χ2n) is 9.08. The van der Waals surface area contributed by atoms with Gasteiger partial charge in [-0.05, 0) is 54.6 Å². The molecule has 2 fully saturated rings. The van der Waals surface area contributed by atoms with Crippen LogP contribution in [0, 0.1) is 5.82 Å². The SMILES string of the molecule is COc1ccc(-c2cc(C(N)=O)c3[nH]c4cc(C(=O)N5C[C@@H]6C5CN6C)ccc4c3c2)cc1F. The van der Waals surface area contributed by atoms with E-state index in [-0.39, 0.29) is 11.7 Å². The van der Waals surface area contributed by atoms with Crippen LogP contribution in [0.25, 0.3) is 32.9 Å². The molecule has 0 aliphatic carbocycles. The number of aromatic amines is 1. The molecule has 0 saturated carbocycles. The topological polar surface area (TPSA) is 91.7 Å². The molecule has 8 heteroatoms. The summed E-state index contributed by atoms with van der Waals surface area (Å²) in [4.78, 5) is 32.8. The number of hydrogen-bond donors (Lipinski definition) is 2. The van der Waals surface area contributed by atoms with Gasteiger partial charge in [-0.3, -0.25) is 14.5 Å². The number of benzene rings is 3. The van der Waals surface area contributed by atoms with Gasteiger partial charge in [0.2, 0.25) is 0 Å². The third-order valence-corrected chi connectivity index (χ3v) is 7.24. The summed E-state index contributed by atoms with van der Waals surface area (Å²) in [7, 11) is 3.48. The number of likely N-dealkylation sites (tertiary alicyclic amines) is 2. The monoisotopic (exact) mass is 458 g/mol. The summed E-state index contributed by atoms with van der Waals surface area (Å²) in [5.41, 5.74) is 9.19. The summed E-state index contributed by atoms with van der Waals surface area (Å²) >= 11 is 0. The number of fused-ring (bicyclic) bond motifs is 4. The van der Waals surface area contributed by atoms with Gasteiger partial charge in [-0.15, -0.1) is 0 Å². The molecule has 4 aromatic rings. The number of nitrogens with zero attached hydrogens (tertiary/aromatic N) is 2. The first-order valence-electron chi connectivity index (χ1n) is 11.1. The number of ether oxygens (including phenoxy) is 1. The average molecular weight is 458 g/mol. The van der Waals surface area contributed by atoms with Gasteiger partial charge in [0.05, 0.1) is 24.2 Å². The highest BCUT2D eigenvalue weighted by Gasteiger charge is 2.51. The fraction of sp³-hybridized carbons (Fsp3) is 0.231. The van der Waals surface area contributed by atoms with Crippen LogP contribution < -0.4 is 10.5 Å². The number of nitrogens with one attached hydrogen (secondary N) is 1. The maximum Gasteiger partial charge on any atom is 0.254 e. The number of nitrogens with two attached hydrogens (primary N) is 1. The number of amides is 2. The van der Waals surface area contributed by atoms with Crippen molar-refractivity contribution in [3.63, 3.8) is 0 Å². The number of methoxy groups -OCH3 is 1. The number of hydrogen-bond acceptors (Lipinski definition) is 4. The molecule has 2 aliphatic heterocycles. The Labute approximate surface area is 194 Å². The minimum absolute atomic E-state index is 0.0134. The van der Waals surface area contributed by atoms with E-state index in [9.17, 15) is 14.0 Å². The van der Waals surface area contributed by atoms with Gasteiger partial charge >= 0.3 is 0 Å². The summed E-state index contributed by atoms with van der Waals surface area (Å²) in [5, 5.41) is 1.64. The molecular weight excluding hydrogens is 435 g/mol. The highest BCUT2D eigenvalue weighted by molar-refractivity contribution is 6.17. The smallest absolute Gasteiger partial charge is 0.254 e. The Bertz CT molecular complexity index is 1510. The van der Waals surface area contributed by atoms with Crippen molar-refractivity contribution in [2.24, 2.45) is 5.73 Å². The van der Waals surface area contributed by atoms with Crippen molar-refractivity contribution in [2.45, 2.75) is 12.1 Å². The number of rotatable bonds is 4. The quantitative estimate of drug-likeness (QED) is 0.491. The van der Waals surface area contributed by atoms with Gasteiger partial charge in [0.1, 0.15) is 0 Å². The number of likely N-dealkylation sites (N-methyl/N-ethyl adjacent to an activating group) is 1. The number of halogens is 1. The summed E-state index contributed by atoms with van der Waals surface area (Å²) in [6.45, 7) is 1.65. The minimum atomic E-state index is -0.593. The molecule has 2 aliphatic rings. The molecule has 0 bridgehead atoms. The van der Waals surface area contributed by atoms with Crippen LogP contribution in [0.15, 0.2) is 48.5 Å². The molecule has 0 spiro atoms. The van der Waals surface area contributed by atoms with Crippen molar-refractivity contribution in [1.29, 1.82) is 0 Å². The number of piperazine rings is 1. The van der Waals surface area contributed by atoms with E-state index >= 15 is 0 Å². The lowest BCUT2D eigenvalue weighted by Crippen LogP contribution is -2.78. The molecule has 6 rings (SSSR count). The van der Waals surface area contributed by atoms with Gasteiger partial charge in [0.15, 0.2) is 11.6 Å². The Kier molecular flexibility index (Phi) is 4.44. The second-order valence-corrected chi connectivity index (χ2v) is 9.08. The third kappa shape index (κ3) is 2.92. The van der Waals surface area contributed by atoms with Crippen LogP contribution >= 0.6 is 0 Å². The number of H-pyrrole nitrogens is 1. The second kappa shape index (κ2) is 7.30. The van der Waals surface area contributed by atoms with Crippen LogP contribution in [0.3, 0.4) is 0 Å². The minimum Gasteiger partial charge on any atom is -0.494 e. The molecule has 34 heavy (non-hydrogen) atoms. The predicted molar refractivity (Wildman–Crippen MR) is 128 cm³/mol. The average Bonchev–Trinajstić information content (AvgIpc) is 3.19. The van der Waals surface area contributed by atoms with Gasteiger partial charge in [-0.25, -0.2) is 4.39 Å². The summed E-state index contributed by atoms with van der Waals surface area (Å²) in [6.07, 6.45) is 0. The van der Waals surface area contributed by atoms with Gasteiger partial charge in [-0.1, -0.05) is 12.1 Å². The highest BCUT2D eigenvalue weighted by atomic mass is 19.1. The van der Waals surface area contributed by atoms with E-state index in [0.717, 1.165) is 29.4 Å². The zero-order valence-electron chi connectivity index (χ0n) is 18.8. The normalized spacial score (nSPS) is 19.6. The Hall–Kier alpha value is -3.91. The van der Waals surface area contributed by atoms with Crippen molar-refractivity contribution in [3.8, 4) is 16.9 Å². The van der Waals surface area contributed by atoms with Crippen LogP contribution in [0.1, 0.15) is 20.7 Å². The number of carbonyl (C=O) groups is 2. The van der Waals surface area contributed by atoms with Crippen molar-refractivity contribution in [3.05, 3.63) is 65.5 Å². The number of primary amides is 1. The van der Waals surface area contributed by atoms with Crippen LogP contribution in [0.2, 0.25) is 0 Å². The van der Waals surface area contributed by atoms with Crippen LogP contribution in [0.5, 0.6) is 5.75 Å². The standard InChI is InChI=1S/C26H23FN4O3/c1-30-11-22-21(30)12-31(22)26(33)14-3-5-16-17-7-15(13-4-6-23(34-2)19(27)9-13)8-18(25(28)32)24(17)29-20(16)10-14/h3-10,21-22,29H,11-12H2,1-2H3,(H2,28,32)/t21-,22?/m1/s1. The molecule has 2 saturated heterocycles. The maximum atomic E-state index is 14.3.